The van der Waals surface area contributed by atoms with E-state index in [9.17, 15) is 8.42 Å². The minimum absolute atomic E-state index is 0.0451. The highest BCUT2D eigenvalue weighted by Crippen LogP contribution is 2.23. The molecule has 1 saturated heterocycles. The maximum atomic E-state index is 12.9. The number of aromatic amines is 1. The lowest BCUT2D eigenvalue weighted by molar-refractivity contribution is 0.151. The van der Waals surface area contributed by atoms with Crippen LogP contribution in [0.2, 0.25) is 0 Å². The average molecular weight is 363 g/mol. The van der Waals surface area contributed by atoms with Crippen LogP contribution in [0.1, 0.15) is 24.2 Å². The van der Waals surface area contributed by atoms with Crippen LogP contribution in [-0.4, -0.2) is 54.0 Å². The Morgan fingerprint density at radius 3 is 2.72 bits per heavy atom. The fraction of sp³-hybridized carbons (Fsp3) is 0.471. The van der Waals surface area contributed by atoms with Crippen molar-refractivity contribution in [1.82, 2.24) is 19.4 Å². The van der Waals surface area contributed by atoms with Crippen LogP contribution < -0.4 is 5.73 Å². The van der Waals surface area contributed by atoms with Crippen molar-refractivity contribution in [3.8, 4) is 0 Å². The third kappa shape index (κ3) is 4.02. The highest BCUT2D eigenvalue weighted by atomic mass is 32.2. The third-order valence-electron chi connectivity index (χ3n) is 4.70. The Hall–Kier alpha value is -1.90. The summed E-state index contributed by atoms with van der Waals surface area (Å²) in [4.78, 5) is 2.54. The molecule has 3 rings (SSSR count). The number of nitrogens with one attached hydrogen (secondary N) is 1. The second-order valence-corrected chi connectivity index (χ2v) is 8.66. The van der Waals surface area contributed by atoms with Crippen LogP contribution in [0.15, 0.2) is 35.2 Å². The van der Waals surface area contributed by atoms with Crippen molar-refractivity contribution in [2.45, 2.75) is 37.2 Å². The number of likely N-dealkylation sites (tertiary alicyclic amines) is 1. The molecule has 1 unspecified atom stereocenters. The Kier molecular flexibility index (Phi) is 5.12. The van der Waals surface area contributed by atoms with Crippen molar-refractivity contribution in [3.05, 3.63) is 41.7 Å². The first-order valence-corrected chi connectivity index (χ1v) is 9.87. The monoisotopic (exact) mass is 363 g/mol. The summed E-state index contributed by atoms with van der Waals surface area (Å²) >= 11 is 0. The second-order valence-electron chi connectivity index (χ2n) is 6.66. The highest BCUT2D eigenvalue weighted by Gasteiger charge is 2.31. The van der Waals surface area contributed by atoms with Crippen LogP contribution in [0.4, 0.5) is 5.69 Å². The first kappa shape index (κ1) is 17.9. The molecule has 1 aliphatic rings. The van der Waals surface area contributed by atoms with Crippen molar-refractivity contribution in [2.75, 3.05) is 25.9 Å². The molecular weight excluding hydrogens is 338 g/mol. The minimum atomic E-state index is -3.52. The van der Waals surface area contributed by atoms with Gasteiger partial charge in [0.05, 0.1) is 10.6 Å². The maximum absolute atomic E-state index is 12.9. The van der Waals surface area contributed by atoms with Crippen LogP contribution in [0.3, 0.4) is 0 Å². The smallest absolute Gasteiger partial charge is 0.243 e. The topological polar surface area (TPSA) is 95.3 Å². The van der Waals surface area contributed by atoms with E-state index < -0.39 is 10.0 Å². The van der Waals surface area contributed by atoms with E-state index >= 15 is 0 Å². The fourth-order valence-corrected chi connectivity index (χ4v) is 4.64. The summed E-state index contributed by atoms with van der Waals surface area (Å²) in [6.45, 7) is 4.37. The third-order valence-corrected chi connectivity index (χ3v) is 6.62. The van der Waals surface area contributed by atoms with E-state index in [1.165, 1.54) is 4.31 Å². The molecule has 136 valence electrons. The molecule has 8 heteroatoms. The summed E-state index contributed by atoms with van der Waals surface area (Å²) in [5.41, 5.74) is 8.24. The van der Waals surface area contributed by atoms with E-state index in [2.05, 4.69) is 15.1 Å². The molecule has 1 atom stereocenters. The Morgan fingerprint density at radius 2 is 2.08 bits per heavy atom. The predicted octanol–water partition coefficient (Wildman–Crippen LogP) is 1.59. The van der Waals surface area contributed by atoms with Crippen LogP contribution in [0, 0.1) is 6.92 Å². The molecule has 0 spiro atoms. The van der Waals surface area contributed by atoms with E-state index in [-0.39, 0.29) is 10.9 Å². The number of hydrogen-bond acceptors (Lipinski definition) is 5. The largest absolute Gasteiger partial charge is 0.399 e. The molecule has 1 aromatic heterocycles. The fourth-order valence-electron chi connectivity index (χ4n) is 3.26. The van der Waals surface area contributed by atoms with E-state index in [0.717, 1.165) is 37.3 Å². The van der Waals surface area contributed by atoms with E-state index in [0.29, 0.717) is 12.2 Å². The zero-order chi connectivity index (χ0) is 18.0. The number of aryl methyl sites for hydroxylation is 1. The van der Waals surface area contributed by atoms with E-state index in [1.54, 1.807) is 31.3 Å². The van der Waals surface area contributed by atoms with Gasteiger partial charge in [-0.1, -0.05) is 0 Å². The molecule has 0 amide bonds. The summed E-state index contributed by atoms with van der Waals surface area (Å²) in [5.74, 6) is 0. The standard InChI is InChI=1S/C17H25N5O2S/c1-13-10-15(20-19-13)11-22-9-3-4-16(12-22)21(2)25(23,24)17-7-5-14(18)6-8-17/h5-8,10,16H,3-4,9,11-12,18H2,1-2H3,(H,19,20). The summed E-state index contributed by atoms with van der Waals surface area (Å²) in [7, 11) is -1.85. The van der Waals surface area contributed by atoms with Gasteiger partial charge in [-0.3, -0.25) is 10.00 Å². The van der Waals surface area contributed by atoms with Crippen molar-refractivity contribution < 1.29 is 8.42 Å². The number of benzene rings is 1. The summed E-state index contributed by atoms with van der Waals surface area (Å²) < 4.78 is 27.2. The molecule has 1 fully saturated rings. The summed E-state index contributed by atoms with van der Waals surface area (Å²) in [6.07, 6.45) is 1.83. The molecule has 3 N–H and O–H groups in total. The normalized spacial score (nSPS) is 19.4. The Balaban J connectivity index is 1.70. The molecule has 2 aromatic rings. The van der Waals surface area contributed by atoms with Gasteiger partial charge in [0.2, 0.25) is 10.0 Å². The molecule has 1 aromatic carbocycles. The van der Waals surface area contributed by atoms with Gasteiger partial charge in [-0.2, -0.15) is 9.40 Å². The van der Waals surface area contributed by atoms with Gasteiger partial charge >= 0.3 is 0 Å². The second kappa shape index (κ2) is 7.15. The lowest BCUT2D eigenvalue weighted by Crippen LogP contribution is -2.48. The van der Waals surface area contributed by atoms with Crippen LogP contribution in [0.25, 0.3) is 0 Å². The van der Waals surface area contributed by atoms with Gasteiger partial charge in [0.1, 0.15) is 0 Å². The molecule has 0 radical (unpaired) electrons. The summed E-state index contributed by atoms with van der Waals surface area (Å²) in [5, 5.41) is 7.22. The van der Waals surface area contributed by atoms with Crippen molar-refractivity contribution in [2.24, 2.45) is 0 Å². The number of nitrogens with zero attached hydrogens (tertiary/aromatic N) is 3. The molecule has 2 heterocycles. The van der Waals surface area contributed by atoms with Gasteiger partial charge in [0.15, 0.2) is 0 Å². The highest BCUT2D eigenvalue weighted by molar-refractivity contribution is 7.89. The first-order valence-electron chi connectivity index (χ1n) is 8.43. The van der Waals surface area contributed by atoms with E-state index in [1.807, 2.05) is 13.0 Å². The first-order chi connectivity index (χ1) is 11.9. The quantitative estimate of drug-likeness (QED) is 0.787. The zero-order valence-corrected chi connectivity index (χ0v) is 15.5. The number of nitrogens with two attached hydrogens (primary N) is 1. The number of piperidine rings is 1. The van der Waals surface area contributed by atoms with Gasteiger partial charge in [0.25, 0.3) is 0 Å². The van der Waals surface area contributed by atoms with Gasteiger partial charge in [0, 0.05) is 37.6 Å². The number of aromatic nitrogens is 2. The SMILES string of the molecule is Cc1cc(CN2CCCC(N(C)S(=O)(=O)c3ccc(N)cc3)C2)n[nH]1. The lowest BCUT2D eigenvalue weighted by atomic mass is 10.1. The maximum Gasteiger partial charge on any atom is 0.243 e. The van der Waals surface area contributed by atoms with Crippen LogP contribution in [0.5, 0.6) is 0 Å². The average Bonchev–Trinajstić information content (AvgIpc) is 2.99. The number of H-pyrrole nitrogens is 1. The number of nitrogen functional groups attached to an aromatic ring is 1. The summed E-state index contributed by atoms with van der Waals surface area (Å²) in [6, 6.07) is 8.35. The Morgan fingerprint density at radius 1 is 1.36 bits per heavy atom. The van der Waals surface area contributed by atoms with Crippen molar-refractivity contribution in [1.29, 1.82) is 0 Å². The molecule has 7 nitrogen and oxygen atoms in total. The molecule has 0 saturated carbocycles. The zero-order valence-electron chi connectivity index (χ0n) is 14.6. The van der Waals surface area contributed by atoms with Crippen molar-refractivity contribution in [3.63, 3.8) is 0 Å². The molecule has 25 heavy (non-hydrogen) atoms. The van der Waals surface area contributed by atoms with Crippen molar-refractivity contribution >= 4 is 15.7 Å². The van der Waals surface area contributed by atoms with E-state index in [4.69, 9.17) is 5.73 Å². The molecule has 0 bridgehead atoms. The number of hydrogen-bond donors (Lipinski definition) is 2. The van der Waals surface area contributed by atoms with Gasteiger partial charge in [-0.05, 0) is 56.6 Å². The molecular formula is C17H25N5O2S. The van der Waals surface area contributed by atoms with Crippen LogP contribution in [-0.2, 0) is 16.6 Å². The minimum Gasteiger partial charge on any atom is -0.399 e. The predicted molar refractivity (Wildman–Crippen MR) is 97.4 cm³/mol. The number of sulfonamides is 1. The van der Waals surface area contributed by atoms with Gasteiger partial charge in [-0.25, -0.2) is 8.42 Å². The Labute approximate surface area is 148 Å². The number of rotatable bonds is 5. The molecule has 0 aliphatic carbocycles. The van der Waals surface area contributed by atoms with Gasteiger partial charge < -0.3 is 5.73 Å². The number of likely N-dealkylation sites (N-methyl/N-ethyl adjacent to an activating group) is 1. The lowest BCUT2D eigenvalue weighted by Gasteiger charge is -2.36. The number of anilines is 1. The van der Waals surface area contributed by atoms with Crippen LogP contribution >= 0.6 is 0 Å². The van der Waals surface area contributed by atoms with Gasteiger partial charge in [-0.15, -0.1) is 0 Å². The Bertz CT molecular complexity index is 816. The molecule has 1 aliphatic heterocycles.